The molecule has 22 heavy (non-hydrogen) atoms. The first-order valence-corrected chi connectivity index (χ1v) is 8.17. The van der Waals surface area contributed by atoms with Crippen LogP contribution in [0.25, 0.3) is 0 Å². The van der Waals surface area contributed by atoms with Crippen LogP contribution in [-0.2, 0) is 4.79 Å². The molecule has 2 rings (SSSR count). The van der Waals surface area contributed by atoms with E-state index in [0.717, 1.165) is 15.7 Å². The van der Waals surface area contributed by atoms with Crippen LogP contribution < -0.4 is 9.59 Å². The van der Waals surface area contributed by atoms with E-state index in [4.69, 9.17) is 0 Å². The topological polar surface area (TPSA) is 60.4 Å². The Morgan fingerprint density at radius 2 is 2.09 bits per heavy atom. The largest absolute Gasteiger partial charge is 0.530 e. The highest BCUT2D eigenvalue weighted by molar-refractivity contribution is 9.10. The molecule has 3 atom stereocenters. The highest BCUT2D eigenvalue weighted by atomic mass is 79.9. The Morgan fingerprint density at radius 3 is 2.59 bits per heavy atom. The molecule has 0 N–H and O–H groups in total. The Hall–Kier alpha value is -1.40. The lowest BCUT2D eigenvalue weighted by molar-refractivity contribution is -0.268. The number of amides is 2. The van der Waals surface area contributed by atoms with Gasteiger partial charge in [-0.25, -0.2) is 9.28 Å². The lowest BCUT2D eigenvalue weighted by atomic mass is 9.88. The second-order valence-corrected chi connectivity index (χ2v) is 6.87. The maximum absolute atomic E-state index is 12.3. The SMILES string of the molecule is CCN(C(=O)[O-])C1CC(C)[N+](C)(C(C)=O)c2ccc(Br)cc21. The van der Waals surface area contributed by atoms with Crippen LogP contribution in [0.5, 0.6) is 0 Å². The van der Waals surface area contributed by atoms with Crippen molar-refractivity contribution in [2.24, 2.45) is 0 Å². The number of halogens is 1. The summed E-state index contributed by atoms with van der Waals surface area (Å²) < 4.78 is 1.05. The van der Waals surface area contributed by atoms with Gasteiger partial charge >= 0.3 is 5.91 Å². The van der Waals surface area contributed by atoms with Gasteiger partial charge in [0, 0.05) is 29.1 Å². The second kappa shape index (κ2) is 6.01. The van der Waals surface area contributed by atoms with E-state index in [9.17, 15) is 14.7 Å². The zero-order valence-electron chi connectivity index (χ0n) is 13.3. The summed E-state index contributed by atoms with van der Waals surface area (Å²) in [7, 11) is 1.89. The fourth-order valence-electron chi connectivity index (χ4n) is 3.37. The number of benzene rings is 1. The third-order valence-electron chi connectivity index (χ3n) is 4.90. The molecule has 1 heterocycles. The van der Waals surface area contributed by atoms with Crippen LogP contribution in [0.4, 0.5) is 10.5 Å². The van der Waals surface area contributed by atoms with Gasteiger partial charge in [-0.15, -0.1) is 0 Å². The predicted octanol–water partition coefficient (Wildman–Crippen LogP) is 2.43. The Bertz CT molecular complexity index is 619. The monoisotopic (exact) mass is 368 g/mol. The molecule has 120 valence electrons. The van der Waals surface area contributed by atoms with E-state index in [1.165, 1.54) is 4.90 Å². The minimum absolute atomic E-state index is 0.00965. The fraction of sp³-hybridized carbons (Fsp3) is 0.500. The number of hydrogen-bond donors (Lipinski definition) is 0. The van der Waals surface area contributed by atoms with Crippen molar-refractivity contribution in [3.8, 4) is 0 Å². The van der Waals surface area contributed by atoms with Crippen LogP contribution in [0.15, 0.2) is 22.7 Å². The van der Waals surface area contributed by atoms with Crippen LogP contribution in [-0.4, -0.2) is 36.5 Å². The van der Waals surface area contributed by atoms with E-state index >= 15 is 0 Å². The zero-order valence-corrected chi connectivity index (χ0v) is 14.9. The van der Waals surface area contributed by atoms with Crippen molar-refractivity contribution in [1.82, 2.24) is 9.38 Å². The van der Waals surface area contributed by atoms with Crippen LogP contribution in [0.1, 0.15) is 38.8 Å². The average molecular weight is 369 g/mol. The molecule has 0 fully saturated rings. The molecule has 1 aromatic carbocycles. The van der Waals surface area contributed by atoms with E-state index in [0.29, 0.717) is 13.0 Å². The first kappa shape index (κ1) is 17.0. The molecule has 5 nitrogen and oxygen atoms in total. The molecule has 1 aromatic rings. The van der Waals surface area contributed by atoms with Gasteiger partial charge in [-0.1, -0.05) is 15.9 Å². The number of carbonyl (C=O) groups is 2. The summed E-state index contributed by atoms with van der Waals surface area (Å²) in [5.41, 5.74) is 1.73. The summed E-state index contributed by atoms with van der Waals surface area (Å²) in [6, 6.07) is 5.42. The number of rotatable bonds is 2. The summed E-state index contributed by atoms with van der Waals surface area (Å²) in [4.78, 5) is 25.1. The van der Waals surface area contributed by atoms with E-state index in [1.54, 1.807) is 13.8 Å². The second-order valence-electron chi connectivity index (χ2n) is 5.95. The average Bonchev–Trinajstić information content (AvgIpc) is 2.44. The normalized spacial score (nSPS) is 27.1. The standard InChI is InChI=1S/C16H21BrN2O3/c1-5-18(16(21)22)14-8-10(2)19(4,11(3)20)15-7-6-12(17)9-13(14)15/h6-7,9-10,14H,5,8H2,1-4H3. The lowest BCUT2D eigenvalue weighted by Gasteiger charge is -2.46. The van der Waals surface area contributed by atoms with Gasteiger partial charge in [0.1, 0.15) is 11.8 Å². The van der Waals surface area contributed by atoms with Gasteiger partial charge in [-0.2, -0.15) is 0 Å². The van der Waals surface area contributed by atoms with Gasteiger partial charge in [-0.3, -0.25) is 0 Å². The Morgan fingerprint density at radius 1 is 1.45 bits per heavy atom. The van der Waals surface area contributed by atoms with Gasteiger partial charge in [0.15, 0.2) is 0 Å². The third kappa shape index (κ3) is 2.54. The maximum Gasteiger partial charge on any atom is 0.315 e. The van der Waals surface area contributed by atoms with Gasteiger partial charge in [0.2, 0.25) is 0 Å². The molecule has 0 aliphatic carbocycles. The molecule has 1 aliphatic heterocycles. The van der Waals surface area contributed by atoms with E-state index in [1.807, 2.05) is 32.2 Å². The van der Waals surface area contributed by atoms with Crippen LogP contribution in [0.3, 0.4) is 0 Å². The van der Waals surface area contributed by atoms with Crippen LogP contribution in [0, 0.1) is 0 Å². The number of hydrogen-bond acceptors (Lipinski definition) is 3. The molecule has 2 amide bonds. The third-order valence-corrected chi connectivity index (χ3v) is 5.39. The van der Waals surface area contributed by atoms with Crippen molar-refractivity contribution in [3.05, 3.63) is 28.2 Å². The van der Waals surface area contributed by atoms with Gasteiger partial charge in [0.25, 0.3) is 0 Å². The van der Waals surface area contributed by atoms with Gasteiger partial charge in [0.05, 0.1) is 26.1 Å². The number of carbonyl (C=O) groups excluding carboxylic acids is 2. The molecule has 0 aromatic heterocycles. The Labute approximate surface area is 139 Å². The summed E-state index contributed by atoms with van der Waals surface area (Å²) in [5.74, 6) is 0.0472. The van der Waals surface area contributed by atoms with Crippen molar-refractivity contribution < 1.29 is 14.7 Å². The number of fused-ring (bicyclic) bond motifs is 1. The first-order chi connectivity index (χ1) is 10.2. The number of quaternary nitrogens is 1. The molecule has 0 spiro atoms. The van der Waals surface area contributed by atoms with E-state index in [2.05, 4.69) is 15.9 Å². The number of carboxylic acid groups (broad SMARTS) is 1. The quantitative estimate of drug-likeness (QED) is 0.753. The zero-order chi connectivity index (χ0) is 16.7. The molecule has 1 aliphatic rings. The maximum atomic E-state index is 12.3. The molecule has 6 heteroatoms. The minimum Gasteiger partial charge on any atom is -0.530 e. The van der Waals surface area contributed by atoms with Crippen molar-refractivity contribution in [1.29, 1.82) is 0 Å². The molecule has 0 saturated heterocycles. The molecule has 3 unspecified atom stereocenters. The van der Waals surface area contributed by atoms with E-state index < -0.39 is 6.09 Å². The summed E-state index contributed by atoms with van der Waals surface area (Å²) in [6.45, 7) is 5.72. The Kier molecular flexibility index (Phi) is 4.63. The lowest BCUT2D eigenvalue weighted by Crippen LogP contribution is -2.60. The summed E-state index contributed by atoms with van der Waals surface area (Å²) >= 11 is 3.44. The summed E-state index contributed by atoms with van der Waals surface area (Å²) in [6.07, 6.45) is -0.592. The summed E-state index contributed by atoms with van der Waals surface area (Å²) in [5, 5.41) is 11.5. The van der Waals surface area contributed by atoms with Crippen molar-refractivity contribution in [2.75, 3.05) is 13.6 Å². The first-order valence-electron chi connectivity index (χ1n) is 7.38. The highest BCUT2D eigenvalue weighted by Crippen LogP contribution is 2.44. The van der Waals surface area contributed by atoms with E-state index in [-0.39, 0.29) is 22.5 Å². The van der Waals surface area contributed by atoms with Gasteiger partial charge < -0.3 is 14.8 Å². The predicted molar refractivity (Wildman–Crippen MR) is 87.1 cm³/mol. The molecule has 0 radical (unpaired) electrons. The molecular weight excluding hydrogens is 348 g/mol. The van der Waals surface area contributed by atoms with Crippen LogP contribution in [0.2, 0.25) is 0 Å². The highest BCUT2D eigenvalue weighted by Gasteiger charge is 2.46. The minimum atomic E-state index is -1.18. The molecule has 0 bridgehead atoms. The molecule has 0 saturated carbocycles. The Balaban J connectivity index is 2.66. The fourth-order valence-corrected chi connectivity index (χ4v) is 3.74. The smallest absolute Gasteiger partial charge is 0.315 e. The number of nitrogens with zero attached hydrogens (tertiary/aromatic N) is 2. The van der Waals surface area contributed by atoms with Crippen LogP contribution >= 0.6 is 15.9 Å². The van der Waals surface area contributed by atoms with Crippen molar-refractivity contribution in [3.63, 3.8) is 0 Å². The van der Waals surface area contributed by atoms with Crippen molar-refractivity contribution >= 4 is 33.6 Å². The van der Waals surface area contributed by atoms with Crippen molar-refractivity contribution in [2.45, 2.75) is 39.3 Å². The van der Waals surface area contributed by atoms with Gasteiger partial charge in [-0.05, 0) is 26.0 Å². The molecular formula is C16H21BrN2O3.